The van der Waals surface area contributed by atoms with Crippen LogP contribution >= 0.6 is 11.6 Å². The SMILES string of the molecule is CC(C)c1ccc(OCCCCn2c(-c3cccc(Cl)c3)nc3ccccc32)cc1. The molecule has 4 aromatic rings. The number of halogens is 1. The summed E-state index contributed by atoms with van der Waals surface area (Å²) in [5, 5.41) is 0.725. The molecule has 0 atom stereocenters. The van der Waals surface area contributed by atoms with E-state index in [-0.39, 0.29) is 0 Å². The molecule has 0 N–H and O–H groups in total. The second-order valence-electron chi connectivity index (χ2n) is 7.87. The van der Waals surface area contributed by atoms with Crippen molar-refractivity contribution in [3.8, 4) is 17.1 Å². The van der Waals surface area contributed by atoms with Crippen molar-refractivity contribution in [3.63, 3.8) is 0 Å². The Bertz CT molecular complexity index is 1120. The van der Waals surface area contributed by atoms with Gasteiger partial charge in [0.15, 0.2) is 0 Å². The van der Waals surface area contributed by atoms with Gasteiger partial charge in [-0.2, -0.15) is 0 Å². The van der Waals surface area contributed by atoms with Crippen LogP contribution in [0.2, 0.25) is 5.02 Å². The summed E-state index contributed by atoms with van der Waals surface area (Å²) < 4.78 is 8.23. The van der Waals surface area contributed by atoms with Gasteiger partial charge in [-0.3, -0.25) is 0 Å². The normalized spacial score (nSPS) is 11.3. The highest BCUT2D eigenvalue weighted by atomic mass is 35.5. The number of benzene rings is 3. The zero-order valence-corrected chi connectivity index (χ0v) is 18.3. The van der Waals surface area contributed by atoms with Crippen LogP contribution in [-0.4, -0.2) is 16.2 Å². The standard InChI is InChI=1S/C26H27ClN2O/c1-19(2)20-12-14-23(15-13-20)30-17-6-5-16-29-25-11-4-3-10-24(25)28-26(29)21-8-7-9-22(27)18-21/h3-4,7-15,18-19H,5-6,16-17H2,1-2H3. The summed E-state index contributed by atoms with van der Waals surface area (Å²) in [7, 11) is 0. The van der Waals surface area contributed by atoms with E-state index in [1.54, 1.807) is 0 Å². The molecule has 0 aliphatic rings. The second-order valence-corrected chi connectivity index (χ2v) is 8.30. The van der Waals surface area contributed by atoms with Crippen molar-refractivity contribution in [1.82, 2.24) is 9.55 Å². The zero-order chi connectivity index (χ0) is 20.9. The minimum Gasteiger partial charge on any atom is -0.494 e. The lowest BCUT2D eigenvalue weighted by atomic mass is 10.0. The fourth-order valence-electron chi connectivity index (χ4n) is 3.66. The van der Waals surface area contributed by atoms with Gasteiger partial charge in [0.1, 0.15) is 11.6 Å². The Hall–Kier alpha value is -2.78. The molecular formula is C26H27ClN2O. The summed E-state index contributed by atoms with van der Waals surface area (Å²) in [6.07, 6.45) is 1.99. The van der Waals surface area contributed by atoms with Gasteiger partial charge in [0.2, 0.25) is 0 Å². The molecule has 3 nitrogen and oxygen atoms in total. The van der Waals surface area contributed by atoms with Gasteiger partial charge in [-0.1, -0.05) is 61.8 Å². The van der Waals surface area contributed by atoms with Gasteiger partial charge in [0, 0.05) is 17.1 Å². The maximum absolute atomic E-state index is 6.22. The van der Waals surface area contributed by atoms with E-state index in [9.17, 15) is 0 Å². The van der Waals surface area contributed by atoms with Gasteiger partial charge >= 0.3 is 0 Å². The number of imidazole rings is 1. The molecule has 1 aromatic heterocycles. The van der Waals surface area contributed by atoms with Gasteiger partial charge in [0.25, 0.3) is 0 Å². The maximum Gasteiger partial charge on any atom is 0.141 e. The number of rotatable bonds is 8. The first-order valence-electron chi connectivity index (χ1n) is 10.6. The van der Waals surface area contributed by atoms with Gasteiger partial charge in [-0.25, -0.2) is 4.98 Å². The van der Waals surface area contributed by atoms with Gasteiger partial charge in [-0.05, 0) is 60.7 Å². The number of aryl methyl sites for hydroxylation is 1. The van der Waals surface area contributed by atoms with Crippen LogP contribution in [0.3, 0.4) is 0 Å². The first-order chi connectivity index (χ1) is 14.6. The number of nitrogens with zero attached hydrogens (tertiary/aromatic N) is 2. The van der Waals surface area contributed by atoms with E-state index in [4.69, 9.17) is 21.3 Å². The number of hydrogen-bond donors (Lipinski definition) is 0. The summed E-state index contributed by atoms with van der Waals surface area (Å²) >= 11 is 6.22. The lowest BCUT2D eigenvalue weighted by molar-refractivity contribution is 0.303. The van der Waals surface area contributed by atoms with Crippen molar-refractivity contribution >= 4 is 22.6 Å². The fourth-order valence-corrected chi connectivity index (χ4v) is 3.85. The summed E-state index contributed by atoms with van der Waals surface area (Å²) in [5.41, 5.74) is 4.54. The Morgan fingerprint density at radius 1 is 0.933 bits per heavy atom. The van der Waals surface area contributed by atoms with Crippen LogP contribution in [0.4, 0.5) is 0 Å². The van der Waals surface area contributed by atoms with Gasteiger partial charge in [-0.15, -0.1) is 0 Å². The summed E-state index contributed by atoms with van der Waals surface area (Å²) in [4.78, 5) is 4.87. The molecule has 154 valence electrons. The van der Waals surface area contributed by atoms with Crippen LogP contribution in [-0.2, 0) is 6.54 Å². The third kappa shape index (κ3) is 4.68. The molecule has 4 heteroatoms. The molecule has 0 aliphatic carbocycles. The van der Waals surface area contributed by atoms with Crippen molar-refractivity contribution in [2.75, 3.05) is 6.61 Å². The first kappa shape index (κ1) is 20.5. The van der Waals surface area contributed by atoms with Crippen molar-refractivity contribution in [2.45, 2.75) is 39.2 Å². The maximum atomic E-state index is 6.22. The molecule has 1 heterocycles. The Morgan fingerprint density at radius 3 is 2.50 bits per heavy atom. The van der Waals surface area contributed by atoms with Crippen LogP contribution < -0.4 is 4.74 Å². The Labute approximate surface area is 183 Å². The number of unbranched alkanes of at least 4 members (excludes halogenated alkanes) is 1. The molecule has 0 bridgehead atoms. The van der Waals surface area contributed by atoms with Crippen molar-refractivity contribution in [1.29, 1.82) is 0 Å². The lowest BCUT2D eigenvalue weighted by Crippen LogP contribution is -2.04. The van der Waals surface area contributed by atoms with E-state index in [0.717, 1.165) is 52.6 Å². The van der Waals surface area contributed by atoms with E-state index >= 15 is 0 Å². The van der Waals surface area contributed by atoms with Crippen LogP contribution in [0.25, 0.3) is 22.4 Å². The molecule has 0 aliphatic heterocycles. The highest BCUT2D eigenvalue weighted by Gasteiger charge is 2.12. The Balaban J connectivity index is 1.42. The molecule has 0 radical (unpaired) electrons. The molecule has 0 saturated heterocycles. The highest BCUT2D eigenvalue weighted by Crippen LogP contribution is 2.27. The number of aromatic nitrogens is 2. The minimum absolute atomic E-state index is 0.540. The average Bonchev–Trinajstić information content (AvgIpc) is 3.12. The molecule has 0 amide bonds. The van der Waals surface area contributed by atoms with Crippen LogP contribution in [0.15, 0.2) is 72.8 Å². The number of fused-ring (bicyclic) bond motifs is 1. The van der Waals surface area contributed by atoms with E-state index in [1.165, 1.54) is 5.56 Å². The third-order valence-electron chi connectivity index (χ3n) is 5.33. The quantitative estimate of drug-likeness (QED) is 0.280. The fraction of sp³-hybridized carbons (Fsp3) is 0.269. The largest absolute Gasteiger partial charge is 0.494 e. The average molecular weight is 419 g/mol. The predicted octanol–water partition coefficient (Wildman–Crippen LogP) is 7.34. The minimum atomic E-state index is 0.540. The van der Waals surface area contributed by atoms with Crippen LogP contribution in [0.1, 0.15) is 38.2 Å². The molecular weight excluding hydrogens is 392 g/mol. The van der Waals surface area contributed by atoms with Crippen molar-refractivity contribution in [2.24, 2.45) is 0 Å². The smallest absolute Gasteiger partial charge is 0.141 e. The lowest BCUT2D eigenvalue weighted by Gasteiger charge is -2.11. The summed E-state index contributed by atoms with van der Waals surface area (Å²) in [6.45, 7) is 6.00. The predicted molar refractivity (Wildman–Crippen MR) is 125 cm³/mol. The molecule has 4 rings (SSSR count). The molecule has 0 unspecified atom stereocenters. The molecule has 3 aromatic carbocycles. The number of hydrogen-bond acceptors (Lipinski definition) is 2. The Morgan fingerprint density at radius 2 is 1.73 bits per heavy atom. The third-order valence-corrected chi connectivity index (χ3v) is 5.56. The summed E-state index contributed by atoms with van der Waals surface area (Å²) in [6, 6.07) is 24.6. The van der Waals surface area contributed by atoms with Crippen molar-refractivity contribution in [3.05, 3.63) is 83.4 Å². The topological polar surface area (TPSA) is 27.1 Å². The Kier molecular flexibility index (Phi) is 6.39. The van der Waals surface area contributed by atoms with E-state index < -0.39 is 0 Å². The van der Waals surface area contributed by atoms with E-state index in [2.05, 4.69) is 66.9 Å². The number of para-hydroxylation sites is 2. The van der Waals surface area contributed by atoms with Gasteiger partial charge in [0.05, 0.1) is 17.6 Å². The molecule has 0 saturated carbocycles. The monoisotopic (exact) mass is 418 g/mol. The van der Waals surface area contributed by atoms with E-state index in [0.29, 0.717) is 12.5 Å². The molecule has 0 fully saturated rings. The molecule has 0 spiro atoms. The van der Waals surface area contributed by atoms with Crippen LogP contribution in [0, 0.1) is 0 Å². The summed E-state index contributed by atoms with van der Waals surface area (Å²) in [5.74, 6) is 2.44. The first-order valence-corrected chi connectivity index (χ1v) is 10.9. The number of ether oxygens (including phenoxy) is 1. The second kappa shape index (κ2) is 9.36. The van der Waals surface area contributed by atoms with E-state index in [1.807, 2.05) is 24.3 Å². The highest BCUT2D eigenvalue weighted by molar-refractivity contribution is 6.30. The zero-order valence-electron chi connectivity index (χ0n) is 17.5. The van der Waals surface area contributed by atoms with Crippen LogP contribution in [0.5, 0.6) is 5.75 Å². The van der Waals surface area contributed by atoms with Gasteiger partial charge < -0.3 is 9.30 Å². The van der Waals surface area contributed by atoms with Crippen molar-refractivity contribution < 1.29 is 4.74 Å². The molecule has 30 heavy (non-hydrogen) atoms.